The van der Waals surface area contributed by atoms with Crippen LogP contribution >= 0.6 is 0 Å². The number of hydrogen-bond acceptors (Lipinski definition) is 4. The van der Waals surface area contributed by atoms with Gasteiger partial charge < -0.3 is 15.6 Å². The normalized spacial score (nSPS) is 10.6. The van der Waals surface area contributed by atoms with Gasteiger partial charge in [-0.25, -0.2) is 8.78 Å². The summed E-state index contributed by atoms with van der Waals surface area (Å²) in [6, 6.07) is 1.20. The van der Waals surface area contributed by atoms with Crippen molar-refractivity contribution in [3.8, 4) is 5.88 Å². The Kier molecular flexibility index (Phi) is 3.19. The number of methoxy groups -OCH3 is 1. The predicted octanol–water partition coefficient (Wildman–Crippen LogP) is 1.10. The molecule has 0 amide bonds. The van der Waals surface area contributed by atoms with Crippen molar-refractivity contribution >= 4 is 5.82 Å². The number of nitrogens with zero attached hydrogens (tertiary/aromatic N) is 1. The van der Waals surface area contributed by atoms with Crippen molar-refractivity contribution in [3.63, 3.8) is 0 Å². The van der Waals surface area contributed by atoms with Gasteiger partial charge in [0.1, 0.15) is 5.82 Å². The standard InChI is InChI=1S/C8H10F2N2O2/c1-14-8-6(7(9)10)4(3-13)2-5(11)12-8/h2,7,13H,3H2,1H3,(H2,11,12). The summed E-state index contributed by atoms with van der Waals surface area (Å²) in [6.45, 7) is -0.525. The van der Waals surface area contributed by atoms with Gasteiger partial charge in [-0.2, -0.15) is 4.98 Å². The molecule has 0 aliphatic rings. The molecule has 0 aliphatic heterocycles. The summed E-state index contributed by atoms with van der Waals surface area (Å²) in [7, 11) is 1.22. The van der Waals surface area contributed by atoms with E-state index >= 15 is 0 Å². The van der Waals surface area contributed by atoms with Crippen LogP contribution in [0, 0.1) is 0 Å². The number of alkyl halides is 2. The monoisotopic (exact) mass is 204 g/mol. The summed E-state index contributed by atoms with van der Waals surface area (Å²) in [6.07, 6.45) is -2.75. The van der Waals surface area contributed by atoms with Crippen molar-refractivity contribution in [2.45, 2.75) is 13.0 Å². The van der Waals surface area contributed by atoms with E-state index < -0.39 is 18.6 Å². The SMILES string of the molecule is COc1nc(N)cc(CO)c1C(F)F. The summed E-state index contributed by atoms with van der Waals surface area (Å²) in [5.41, 5.74) is 4.95. The molecule has 0 spiro atoms. The molecule has 1 aromatic heterocycles. The first-order valence-corrected chi connectivity index (χ1v) is 3.82. The maximum atomic E-state index is 12.5. The van der Waals surface area contributed by atoms with Crippen LogP contribution in [0.1, 0.15) is 17.6 Å². The Morgan fingerprint density at radius 3 is 2.71 bits per heavy atom. The number of aliphatic hydroxyl groups is 1. The number of halogens is 2. The molecule has 78 valence electrons. The first-order valence-electron chi connectivity index (χ1n) is 3.82. The molecule has 0 atom stereocenters. The van der Waals surface area contributed by atoms with Gasteiger partial charge in [0, 0.05) is 0 Å². The van der Waals surface area contributed by atoms with Crippen LogP contribution in [0.2, 0.25) is 0 Å². The fourth-order valence-corrected chi connectivity index (χ4v) is 1.12. The van der Waals surface area contributed by atoms with Gasteiger partial charge in [0.2, 0.25) is 5.88 Å². The third-order valence-electron chi connectivity index (χ3n) is 1.71. The Balaban J connectivity index is 3.33. The van der Waals surface area contributed by atoms with E-state index in [0.29, 0.717) is 0 Å². The molecular formula is C8H10F2N2O2. The minimum absolute atomic E-state index is 0.0318. The number of nitrogens with two attached hydrogens (primary N) is 1. The van der Waals surface area contributed by atoms with Crippen molar-refractivity contribution in [2.24, 2.45) is 0 Å². The van der Waals surface area contributed by atoms with Gasteiger partial charge >= 0.3 is 0 Å². The van der Waals surface area contributed by atoms with Crippen LogP contribution in [0.3, 0.4) is 0 Å². The van der Waals surface area contributed by atoms with Crippen LogP contribution < -0.4 is 10.5 Å². The number of hydrogen-bond donors (Lipinski definition) is 2. The van der Waals surface area contributed by atoms with Gasteiger partial charge in [-0.1, -0.05) is 0 Å². The number of anilines is 1. The van der Waals surface area contributed by atoms with E-state index in [9.17, 15) is 8.78 Å². The molecule has 1 aromatic rings. The van der Waals surface area contributed by atoms with Crippen molar-refractivity contribution in [2.75, 3.05) is 12.8 Å². The van der Waals surface area contributed by atoms with Crippen LogP contribution in [0.25, 0.3) is 0 Å². The van der Waals surface area contributed by atoms with Gasteiger partial charge in [0.25, 0.3) is 6.43 Å². The van der Waals surface area contributed by atoms with E-state index in [1.807, 2.05) is 0 Å². The lowest BCUT2D eigenvalue weighted by atomic mass is 10.1. The van der Waals surface area contributed by atoms with E-state index in [0.717, 1.165) is 0 Å². The minimum atomic E-state index is -2.75. The second-order valence-electron chi connectivity index (χ2n) is 2.59. The van der Waals surface area contributed by atoms with Gasteiger partial charge in [-0.15, -0.1) is 0 Å². The molecule has 4 nitrogen and oxygen atoms in total. The van der Waals surface area contributed by atoms with Crippen LogP contribution in [-0.2, 0) is 6.61 Å². The smallest absolute Gasteiger partial charge is 0.269 e. The zero-order valence-corrected chi connectivity index (χ0v) is 7.50. The Morgan fingerprint density at radius 2 is 2.29 bits per heavy atom. The largest absolute Gasteiger partial charge is 0.481 e. The van der Waals surface area contributed by atoms with Crippen molar-refractivity contribution < 1.29 is 18.6 Å². The van der Waals surface area contributed by atoms with Gasteiger partial charge in [0.05, 0.1) is 19.3 Å². The molecule has 14 heavy (non-hydrogen) atoms. The molecule has 0 radical (unpaired) electrons. The zero-order chi connectivity index (χ0) is 10.7. The Morgan fingerprint density at radius 1 is 1.64 bits per heavy atom. The van der Waals surface area contributed by atoms with Crippen LogP contribution in [-0.4, -0.2) is 17.2 Å². The van der Waals surface area contributed by atoms with Crippen molar-refractivity contribution in [1.82, 2.24) is 4.98 Å². The second kappa shape index (κ2) is 4.19. The van der Waals surface area contributed by atoms with E-state index in [1.165, 1.54) is 13.2 Å². The number of pyridine rings is 1. The number of ether oxygens (including phenoxy) is 1. The third kappa shape index (κ3) is 1.90. The fraction of sp³-hybridized carbons (Fsp3) is 0.375. The van der Waals surface area contributed by atoms with Crippen LogP contribution in [0.4, 0.5) is 14.6 Å². The lowest BCUT2D eigenvalue weighted by Crippen LogP contribution is -2.04. The number of aliphatic hydroxyl groups excluding tert-OH is 1. The second-order valence-corrected chi connectivity index (χ2v) is 2.59. The highest BCUT2D eigenvalue weighted by Crippen LogP contribution is 2.31. The Bertz CT molecular complexity index is 306. The van der Waals surface area contributed by atoms with Crippen molar-refractivity contribution in [3.05, 3.63) is 17.2 Å². The van der Waals surface area contributed by atoms with Crippen molar-refractivity contribution in [1.29, 1.82) is 0 Å². The topological polar surface area (TPSA) is 68.4 Å². The third-order valence-corrected chi connectivity index (χ3v) is 1.71. The van der Waals surface area contributed by atoms with Crippen LogP contribution in [0.15, 0.2) is 6.07 Å². The number of nitrogen functional groups attached to an aromatic ring is 1. The van der Waals surface area contributed by atoms with E-state index in [2.05, 4.69) is 9.72 Å². The maximum Gasteiger partial charge on any atom is 0.269 e. The quantitative estimate of drug-likeness (QED) is 0.773. The van der Waals surface area contributed by atoms with Gasteiger partial charge in [0.15, 0.2) is 0 Å². The van der Waals surface area contributed by atoms with Gasteiger partial charge in [-0.3, -0.25) is 0 Å². The highest BCUT2D eigenvalue weighted by molar-refractivity contribution is 5.44. The van der Waals surface area contributed by atoms with E-state index in [4.69, 9.17) is 10.8 Å². The highest BCUT2D eigenvalue weighted by Gasteiger charge is 2.20. The van der Waals surface area contributed by atoms with E-state index in [1.54, 1.807) is 0 Å². The molecule has 3 N–H and O–H groups in total. The summed E-state index contributed by atoms with van der Waals surface area (Å²) < 4.78 is 29.7. The molecule has 1 rings (SSSR count). The molecule has 0 aromatic carbocycles. The summed E-state index contributed by atoms with van der Waals surface area (Å²) in [5, 5.41) is 8.84. The zero-order valence-electron chi connectivity index (χ0n) is 7.50. The fourth-order valence-electron chi connectivity index (χ4n) is 1.12. The number of rotatable bonds is 3. The molecular weight excluding hydrogens is 194 g/mol. The van der Waals surface area contributed by atoms with Gasteiger partial charge in [-0.05, 0) is 11.6 Å². The molecule has 6 heteroatoms. The minimum Gasteiger partial charge on any atom is -0.481 e. The molecule has 1 heterocycles. The average molecular weight is 204 g/mol. The predicted molar refractivity (Wildman–Crippen MR) is 46.1 cm³/mol. The molecule has 0 bridgehead atoms. The first kappa shape index (κ1) is 10.6. The lowest BCUT2D eigenvalue weighted by Gasteiger charge is -2.11. The maximum absolute atomic E-state index is 12.5. The summed E-state index contributed by atoms with van der Waals surface area (Å²) in [5.74, 6) is -0.209. The molecule has 0 fully saturated rings. The Hall–Kier alpha value is -1.43. The first-order chi connectivity index (χ1) is 6.60. The average Bonchev–Trinajstić information content (AvgIpc) is 2.15. The molecule has 0 saturated carbocycles. The Labute approximate surface area is 79.3 Å². The lowest BCUT2D eigenvalue weighted by molar-refractivity contribution is 0.141. The molecule has 0 aliphatic carbocycles. The van der Waals surface area contributed by atoms with Crippen LogP contribution in [0.5, 0.6) is 5.88 Å². The van der Waals surface area contributed by atoms with E-state index in [-0.39, 0.29) is 17.3 Å². The summed E-state index contributed by atoms with van der Waals surface area (Å²) >= 11 is 0. The summed E-state index contributed by atoms with van der Waals surface area (Å²) in [4.78, 5) is 3.59. The number of aromatic nitrogens is 1. The molecule has 0 saturated heterocycles. The molecule has 0 unspecified atom stereocenters. The highest BCUT2D eigenvalue weighted by atomic mass is 19.3.